The standard InChI is InChI=1S/C11H15BrN2O4S.ClH/c1-13-2-3-14-19(15,16)11-7-10-9(6-8(11)12)17-4-5-18-10;/h6-7,13-14H,2-5H2,1H3;1H. The molecular formula is C11H16BrClN2O4S. The van der Waals surface area contributed by atoms with Gasteiger partial charge in [-0.25, -0.2) is 13.1 Å². The van der Waals surface area contributed by atoms with Crippen LogP contribution in [0.1, 0.15) is 0 Å². The summed E-state index contributed by atoms with van der Waals surface area (Å²) >= 11 is 3.25. The number of likely N-dealkylation sites (N-methyl/N-ethyl adjacent to an activating group) is 1. The Hall–Kier alpha value is -0.540. The van der Waals surface area contributed by atoms with Crippen LogP contribution in [0, 0.1) is 0 Å². The lowest BCUT2D eigenvalue weighted by Gasteiger charge is -2.20. The van der Waals surface area contributed by atoms with Crippen LogP contribution < -0.4 is 19.5 Å². The summed E-state index contributed by atoms with van der Waals surface area (Å²) in [6.45, 7) is 1.76. The third-order valence-electron chi connectivity index (χ3n) is 2.55. The largest absolute Gasteiger partial charge is 0.486 e. The topological polar surface area (TPSA) is 76.7 Å². The van der Waals surface area contributed by atoms with Crippen molar-refractivity contribution in [2.45, 2.75) is 4.90 Å². The van der Waals surface area contributed by atoms with Crippen molar-refractivity contribution >= 4 is 38.4 Å². The van der Waals surface area contributed by atoms with Gasteiger partial charge in [0.15, 0.2) is 11.5 Å². The van der Waals surface area contributed by atoms with E-state index in [0.717, 1.165) is 0 Å². The van der Waals surface area contributed by atoms with E-state index < -0.39 is 10.0 Å². The van der Waals surface area contributed by atoms with E-state index in [4.69, 9.17) is 9.47 Å². The SMILES string of the molecule is CNCCNS(=O)(=O)c1cc2c(cc1Br)OCCO2.Cl. The Bertz CT molecular complexity index is 568. The summed E-state index contributed by atoms with van der Waals surface area (Å²) in [6, 6.07) is 3.08. The molecule has 0 radical (unpaired) electrons. The molecule has 0 bridgehead atoms. The molecule has 0 spiro atoms. The maximum Gasteiger partial charge on any atom is 0.241 e. The molecule has 1 aliphatic heterocycles. The van der Waals surface area contributed by atoms with E-state index in [-0.39, 0.29) is 17.3 Å². The van der Waals surface area contributed by atoms with Crippen LogP contribution in [0.5, 0.6) is 11.5 Å². The summed E-state index contributed by atoms with van der Waals surface area (Å²) in [7, 11) is -1.81. The lowest BCUT2D eigenvalue weighted by atomic mass is 10.3. The summed E-state index contributed by atoms with van der Waals surface area (Å²) in [5.74, 6) is 0.996. The molecule has 0 saturated heterocycles. The van der Waals surface area contributed by atoms with E-state index in [0.29, 0.717) is 42.3 Å². The zero-order valence-corrected chi connectivity index (χ0v) is 14.0. The average molecular weight is 388 g/mol. The molecule has 1 aliphatic rings. The quantitative estimate of drug-likeness (QED) is 0.741. The molecule has 2 rings (SSSR count). The molecule has 1 heterocycles. The maximum atomic E-state index is 12.1. The van der Waals surface area contributed by atoms with Gasteiger partial charge in [-0.05, 0) is 29.0 Å². The highest BCUT2D eigenvalue weighted by atomic mass is 79.9. The fraction of sp³-hybridized carbons (Fsp3) is 0.455. The predicted octanol–water partition coefficient (Wildman–Crippen LogP) is 1.14. The van der Waals surface area contributed by atoms with Gasteiger partial charge in [0.05, 0.1) is 0 Å². The average Bonchev–Trinajstić information content (AvgIpc) is 2.38. The van der Waals surface area contributed by atoms with Gasteiger partial charge < -0.3 is 14.8 Å². The number of rotatable bonds is 5. The number of hydrogen-bond acceptors (Lipinski definition) is 5. The molecule has 20 heavy (non-hydrogen) atoms. The van der Waals surface area contributed by atoms with Gasteiger partial charge in [0, 0.05) is 23.6 Å². The predicted molar refractivity (Wildman–Crippen MR) is 81.5 cm³/mol. The second kappa shape index (κ2) is 7.46. The van der Waals surface area contributed by atoms with Gasteiger partial charge >= 0.3 is 0 Å². The third kappa shape index (κ3) is 3.98. The van der Waals surface area contributed by atoms with E-state index in [1.165, 1.54) is 6.07 Å². The van der Waals surface area contributed by atoms with E-state index in [1.807, 2.05) is 0 Å². The first kappa shape index (κ1) is 17.5. The minimum absolute atomic E-state index is 0. The fourth-order valence-corrected chi connectivity index (χ4v) is 3.71. The van der Waals surface area contributed by atoms with E-state index in [2.05, 4.69) is 26.0 Å². The van der Waals surface area contributed by atoms with Crippen molar-refractivity contribution in [3.8, 4) is 11.5 Å². The first-order chi connectivity index (χ1) is 9.04. The lowest BCUT2D eigenvalue weighted by molar-refractivity contribution is 0.171. The van der Waals surface area contributed by atoms with Crippen molar-refractivity contribution < 1.29 is 17.9 Å². The van der Waals surface area contributed by atoms with Crippen molar-refractivity contribution in [2.75, 3.05) is 33.4 Å². The van der Waals surface area contributed by atoms with Gasteiger partial charge in [-0.2, -0.15) is 0 Å². The molecule has 1 aromatic rings. The highest BCUT2D eigenvalue weighted by Gasteiger charge is 2.22. The molecular weight excluding hydrogens is 372 g/mol. The van der Waals surface area contributed by atoms with Crippen LogP contribution in [-0.2, 0) is 10.0 Å². The molecule has 0 aromatic heterocycles. The molecule has 0 saturated carbocycles. The Kier molecular flexibility index (Phi) is 6.53. The Morgan fingerprint density at radius 1 is 1.20 bits per heavy atom. The van der Waals surface area contributed by atoms with Crippen LogP contribution in [0.4, 0.5) is 0 Å². The molecule has 114 valence electrons. The number of sulfonamides is 1. The summed E-state index contributed by atoms with van der Waals surface area (Å²) in [4.78, 5) is 0.146. The summed E-state index contributed by atoms with van der Waals surface area (Å²) in [6.07, 6.45) is 0. The number of fused-ring (bicyclic) bond motifs is 1. The van der Waals surface area contributed by atoms with Gasteiger partial charge in [0.2, 0.25) is 10.0 Å². The fourth-order valence-electron chi connectivity index (χ4n) is 1.64. The van der Waals surface area contributed by atoms with Crippen molar-refractivity contribution in [1.82, 2.24) is 10.0 Å². The molecule has 9 heteroatoms. The summed E-state index contributed by atoms with van der Waals surface area (Å²) in [5, 5.41) is 2.87. The normalized spacial score (nSPS) is 13.7. The van der Waals surface area contributed by atoms with Gasteiger partial charge in [-0.15, -0.1) is 12.4 Å². The van der Waals surface area contributed by atoms with Crippen LogP contribution >= 0.6 is 28.3 Å². The summed E-state index contributed by atoms with van der Waals surface area (Å²) < 4.78 is 38.0. The zero-order chi connectivity index (χ0) is 13.9. The van der Waals surface area contributed by atoms with Crippen molar-refractivity contribution in [2.24, 2.45) is 0 Å². The monoisotopic (exact) mass is 386 g/mol. The molecule has 0 atom stereocenters. The van der Waals surface area contributed by atoms with Crippen LogP contribution in [0.15, 0.2) is 21.5 Å². The molecule has 0 fully saturated rings. The number of nitrogens with one attached hydrogen (secondary N) is 2. The molecule has 0 aliphatic carbocycles. The maximum absolute atomic E-state index is 12.1. The van der Waals surface area contributed by atoms with Gasteiger partial charge in [0.25, 0.3) is 0 Å². The van der Waals surface area contributed by atoms with Gasteiger partial charge in [0.1, 0.15) is 18.1 Å². The Morgan fingerprint density at radius 2 is 1.80 bits per heavy atom. The second-order valence-electron chi connectivity index (χ2n) is 3.93. The van der Waals surface area contributed by atoms with E-state index >= 15 is 0 Å². The van der Waals surface area contributed by atoms with Crippen LogP contribution in [0.25, 0.3) is 0 Å². The smallest absolute Gasteiger partial charge is 0.241 e. The second-order valence-corrected chi connectivity index (χ2v) is 6.52. The van der Waals surface area contributed by atoms with Crippen LogP contribution in [-0.4, -0.2) is 41.8 Å². The van der Waals surface area contributed by atoms with Crippen molar-refractivity contribution in [1.29, 1.82) is 0 Å². The highest BCUT2D eigenvalue weighted by Crippen LogP contribution is 2.37. The number of ether oxygens (including phenoxy) is 2. The first-order valence-corrected chi connectivity index (χ1v) is 8.05. The number of benzene rings is 1. The van der Waals surface area contributed by atoms with E-state index in [1.54, 1.807) is 13.1 Å². The molecule has 1 aromatic carbocycles. The lowest BCUT2D eigenvalue weighted by Crippen LogP contribution is -2.30. The van der Waals surface area contributed by atoms with Crippen molar-refractivity contribution in [3.05, 3.63) is 16.6 Å². The molecule has 2 N–H and O–H groups in total. The number of halogens is 2. The van der Waals surface area contributed by atoms with Gasteiger partial charge in [-0.3, -0.25) is 0 Å². The molecule has 0 amide bonds. The van der Waals surface area contributed by atoms with Crippen molar-refractivity contribution in [3.63, 3.8) is 0 Å². The highest BCUT2D eigenvalue weighted by molar-refractivity contribution is 9.10. The van der Waals surface area contributed by atoms with E-state index in [9.17, 15) is 8.42 Å². The minimum Gasteiger partial charge on any atom is -0.486 e. The third-order valence-corrected chi connectivity index (χ3v) is 4.97. The number of hydrogen-bond donors (Lipinski definition) is 2. The Labute approximate surface area is 132 Å². The summed E-state index contributed by atoms with van der Waals surface area (Å²) in [5.41, 5.74) is 0. The van der Waals surface area contributed by atoms with Gasteiger partial charge in [-0.1, -0.05) is 0 Å². The minimum atomic E-state index is -3.57. The Morgan fingerprint density at radius 3 is 2.40 bits per heavy atom. The zero-order valence-electron chi connectivity index (χ0n) is 10.8. The molecule has 0 unspecified atom stereocenters. The van der Waals surface area contributed by atoms with Crippen LogP contribution in [0.3, 0.4) is 0 Å². The molecule has 6 nitrogen and oxygen atoms in total. The van der Waals surface area contributed by atoms with Crippen LogP contribution in [0.2, 0.25) is 0 Å². The Balaban J connectivity index is 0.00000200. The first-order valence-electron chi connectivity index (χ1n) is 5.78.